The number of nitrogens with zero attached hydrogens (tertiary/aromatic N) is 1. The number of halogens is 1. The number of aromatic nitrogens is 1. The van der Waals surface area contributed by atoms with Crippen molar-refractivity contribution in [3.8, 4) is 5.88 Å². The topological polar surface area (TPSA) is 60.4 Å². The summed E-state index contributed by atoms with van der Waals surface area (Å²) in [6.45, 7) is 4.61. The van der Waals surface area contributed by atoms with Crippen molar-refractivity contribution in [2.75, 3.05) is 5.32 Å². The largest absolute Gasteiger partial charge is 0.494 e. The Morgan fingerprint density at radius 2 is 1.91 bits per heavy atom. The quantitative estimate of drug-likeness (QED) is 0.561. The molecule has 5 heteroatoms. The van der Waals surface area contributed by atoms with Crippen LogP contribution in [0.2, 0.25) is 0 Å². The first-order valence-electron chi connectivity index (χ1n) is 7.62. The summed E-state index contributed by atoms with van der Waals surface area (Å²) < 4.78 is 0.965. The lowest BCUT2D eigenvalue weighted by Crippen LogP contribution is -2.18. The van der Waals surface area contributed by atoms with Crippen LogP contribution in [0.15, 0.2) is 51.9 Å². The third kappa shape index (κ3) is 2.84. The van der Waals surface area contributed by atoms with E-state index < -0.39 is 0 Å². The third-order valence-corrected chi connectivity index (χ3v) is 4.15. The summed E-state index contributed by atoms with van der Waals surface area (Å²) in [6, 6.07) is 13.9. The Morgan fingerprint density at radius 3 is 2.74 bits per heavy atom. The molecule has 0 saturated carbocycles. The number of anilines is 1. The molecule has 0 saturated heterocycles. The summed E-state index contributed by atoms with van der Waals surface area (Å²) >= 11 is 3.47. The highest BCUT2D eigenvalue weighted by Crippen LogP contribution is 2.32. The predicted octanol–water partition coefficient (Wildman–Crippen LogP) is 5.03. The summed E-state index contributed by atoms with van der Waals surface area (Å²) in [6.07, 6.45) is 0. The van der Waals surface area contributed by atoms with Crippen LogP contribution in [0.4, 0.5) is 5.69 Å². The molecule has 4 rings (SSSR count). The number of benzene rings is 2. The number of fused-ring (bicyclic) bond motifs is 2. The van der Waals surface area contributed by atoms with E-state index in [1.165, 1.54) is 0 Å². The van der Waals surface area contributed by atoms with Crippen LogP contribution in [-0.4, -0.2) is 15.9 Å². The zero-order valence-corrected chi connectivity index (χ0v) is 14.6. The van der Waals surface area contributed by atoms with E-state index in [2.05, 4.69) is 31.2 Å². The molecule has 2 heterocycles. The van der Waals surface area contributed by atoms with E-state index in [0.717, 1.165) is 26.6 Å². The molecule has 3 aromatic rings. The van der Waals surface area contributed by atoms with Crippen LogP contribution in [0, 0.1) is 0 Å². The highest BCUT2D eigenvalue weighted by atomic mass is 79.9. The minimum absolute atomic E-state index is 0.133. The lowest BCUT2D eigenvalue weighted by Gasteiger charge is -2.18. The van der Waals surface area contributed by atoms with Crippen LogP contribution in [-0.2, 0) is 6.54 Å². The summed E-state index contributed by atoms with van der Waals surface area (Å²) in [7, 11) is 0. The van der Waals surface area contributed by atoms with Crippen LogP contribution in [0.5, 0.6) is 5.88 Å². The Balaban J connectivity index is 0.000000753. The second-order valence-corrected chi connectivity index (χ2v) is 5.90. The van der Waals surface area contributed by atoms with E-state index >= 15 is 0 Å². The van der Waals surface area contributed by atoms with E-state index in [9.17, 15) is 5.11 Å². The van der Waals surface area contributed by atoms with Crippen molar-refractivity contribution >= 4 is 38.4 Å². The van der Waals surface area contributed by atoms with Crippen molar-refractivity contribution in [3.63, 3.8) is 0 Å². The van der Waals surface area contributed by atoms with Crippen molar-refractivity contribution in [3.05, 3.63) is 58.1 Å². The van der Waals surface area contributed by atoms with Gasteiger partial charge in [-0.2, -0.15) is 0 Å². The molecule has 1 aliphatic heterocycles. The lowest BCUT2D eigenvalue weighted by molar-refractivity contribution is 0.457. The van der Waals surface area contributed by atoms with E-state index in [1.54, 1.807) is 0 Å². The van der Waals surface area contributed by atoms with E-state index in [4.69, 9.17) is 0 Å². The molecule has 0 aliphatic carbocycles. The Bertz CT molecular complexity index is 883. The van der Waals surface area contributed by atoms with E-state index in [-0.39, 0.29) is 5.88 Å². The van der Waals surface area contributed by atoms with Gasteiger partial charge in [-0.3, -0.25) is 4.99 Å². The number of hydrogen-bond donors (Lipinski definition) is 3. The van der Waals surface area contributed by atoms with Crippen LogP contribution < -0.4 is 5.32 Å². The van der Waals surface area contributed by atoms with Gasteiger partial charge in [-0.15, -0.1) is 0 Å². The van der Waals surface area contributed by atoms with Gasteiger partial charge in [0.05, 0.1) is 12.1 Å². The molecule has 1 aromatic heterocycles. The summed E-state index contributed by atoms with van der Waals surface area (Å²) in [5.74, 6) is 0.823. The van der Waals surface area contributed by atoms with Gasteiger partial charge in [0, 0.05) is 21.1 Å². The van der Waals surface area contributed by atoms with Gasteiger partial charge in [0.2, 0.25) is 5.88 Å². The van der Waals surface area contributed by atoms with Crippen LogP contribution in [0.3, 0.4) is 0 Å². The maximum atomic E-state index is 10.2. The second kappa shape index (κ2) is 6.46. The van der Waals surface area contributed by atoms with Gasteiger partial charge in [-0.05, 0) is 29.8 Å². The molecule has 0 fully saturated rings. The monoisotopic (exact) mass is 371 g/mol. The summed E-state index contributed by atoms with van der Waals surface area (Å²) in [5, 5.41) is 14.5. The van der Waals surface area contributed by atoms with Crippen LogP contribution >= 0.6 is 15.9 Å². The molecule has 0 unspecified atom stereocenters. The molecule has 2 aromatic carbocycles. The molecule has 0 radical (unpaired) electrons. The highest BCUT2D eigenvalue weighted by Gasteiger charge is 2.20. The smallest absolute Gasteiger partial charge is 0.200 e. The van der Waals surface area contributed by atoms with Crippen molar-refractivity contribution in [1.29, 1.82) is 0 Å². The van der Waals surface area contributed by atoms with Crippen molar-refractivity contribution in [1.82, 2.24) is 4.98 Å². The number of H-pyrrole nitrogens is 1. The van der Waals surface area contributed by atoms with Gasteiger partial charge in [-0.1, -0.05) is 48.0 Å². The fourth-order valence-electron chi connectivity index (χ4n) is 2.64. The number of nitrogens with one attached hydrogen (secondary N) is 2. The maximum absolute atomic E-state index is 10.2. The number of aliphatic imine (C=N–C) groups is 1. The second-order valence-electron chi connectivity index (χ2n) is 4.99. The van der Waals surface area contributed by atoms with Gasteiger partial charge in [0.1, 0.15) is 5.84 Å². The Morgan fingerprint density at radius 1 is 1.13 bits per heavy atom. The summed E-state index contributed by atoms with van der Waals surface area (Å²) in [4.78, 5) is 7.55. The fourth-order valence-corrected chi connectivity index (χ4v) is 3.00. The average molecular weight is 372 g/mol. The van der Waals surface area contributed by atoms with Crippen LogP contribution in [0.1, 0.15) is 25.0 Å². The molecule has 3 N–H and O–H groups in total. The fraction of sp³-hybridized carbons (Fsp3) is 0.167. The highest BCUT2D eigenvalue weighted by molar-refractivity contribution is 9.10. The van der Waals surface area contributed by atoms with Crippen LogP contribution in [0.25, 0.3) is 10.9 Å². The predicted molar refractivity (Wildman–Crippen MR) is 99.3 cm³/mol. The minimum Gasteiger partial charge on any atom is -0.494 e. The zero-order valence-electron chi connectivity index (χ0n) is 13.0. The third-order valence-electron chi connectivity index (χ3n) is 3.66. The Kier molecular flexibility index (Phi) is 4.39. The molecular weight excluding hydrogens is 354 g/mol. The molecule has 0 spiro atoms. The molecular formula is C18H18BrN3O. The number of aromatic amines is 1. The maximum Gasteiger partial charge on any atom is 0.200 e. The Hall–Kier alpha value is -2.27. The lowest BCUT2D eigenvalue weighted by atomic mass is 10.1. The van der Waals surface area contributed by atoms with Gasteiger partial charge >= 0.3 is 0 Å². The normalized spacial score (nSPS) is 12.7. The number of hydrogen-bond acceptors (Lipinski definition) is 3. The molecule has 1 aliphatic rings. The first-order chi connectivity index (χ1) is 11.2. The molecule has 23 heavy (non-hydrogen) atoms. The van der Waals surface area contributed by atoms with Gasteiger partial charge < -0.3 is 15.4 Å². The van der Waals surface area contributed by atoms with Gasteiger partial charge in [-0.25, -0.2) is 0 Å². The Labute approximate surface area is 143 Å². The average Bonchev–Trinajstić information content (AvgIpc) is 2.91. The summed E-state index contributed by atoms with van der Waals surface area (Å²) in [5.41, 5.74) is 3.78. The number of rotatable bonds is 1. The standard InChI is InChI=1S/C16H12BrN3O.C2H6/c17-10-5-6-13-11(7-10)14(16(21)20-13)15-18-8-9-3-1-2-4-12(9)19-15;1-2/h1-7,20-21H,8H2,(H,18,19);1-2H3. The molecule has 0 amide bonds. The first kappa shape index (κ1) is 15.6. The zero-order chi connectivity index (χ0) is 16.4. The van der Waals surface area contributed by atoms with Gasteiger partial charge in [0.25, 0.3) is 0 Å². The van der Waals surface area contributed by atoms with Gasteiger partial charge in [0.15, 0.2) is 0 Å². The molecule has 4 nitrogen and oxygen atoms in total. The van der Waals surface area contributed by atoms with E-state index in [1.807, 2.05) is 56.3 Å². The van der Waals surface area contributed by atoms with Crippen molar-refractivity contribution in [2.45, 2.75) is 20.4 Å². The van der Waals surface area contributed by atoms with E-state index in [0.29, 0.717) is 17.9 Å². The SMILES string of the molecule is CC.Oc1[nH]c2ccc(Br)cc2c1C1=NCc2ccccc2N1. The molecule has 0 atom stereocenters. The molecule has 0 bridgehead atoms. The minimum atomic E-state index is 0.133. The number of amidine groups is 1. The van der Waals surface area contributed by atoms with Crippen molar-refractivity contribution < 1.29 is 5.11 Å². The molecule has 118 valence electrons. The number of para-hydroxylation sites is 1. The number of aromatic hydroxyl groups is 1. The first-order valence-corrected chi connectivity index (χ1v) is 8.41. The van der Waals surface area contributed by atoms with Crippen molar-refractivity contribution in [2.24, 2.45) is 4.99 Å².